The van der Waals surface area contributed by atoms with Gasteiger partial charge in [0.2, 0.25) is 5.82 Å². The highest BCUT2D eigenvalue weighted by Crippen LogP contribution is 2.43. The Morgan fingerprint density at radius 1 is 1.45 bits per heavy atom. The minimum Gasteiger partial charge on any atom is -0.364 e. The molecule has 1 aliphatic carbocycles. The summed E-state index contributed by atoms with van der Waals surface area (Å²) in [7, 11) is 0. The van der Waals surface area contributed by atoms with Crippen molar-refractivity contribution in [2.24, 2.45) is 11.3 Å². The molecule has 0 saturated heterocycles. The predicted molar refractivity (Wildman–Crippen MR) is 79.7 cm³/mol. The third-order valence-corrected chi connectivity index (χ3v) is 4.12. The van der Waals surface area contributed by atoms with E-state index in [1.165, 1.54) is 38.2 Å². The SMILES string of the molecule is CC(C)CC1(CNc2ncccc2[N+](=O)[O-])CCCC1. The molecule has 0 unspecified atom stereocenters. The van der Waals surface area contributed by atoms with Gasteiger partial charge >= 0.3 is 5.69 Å². The lowest BCUT2D eigenvalue weighted by molar-refractivity contribution is -0.384. The Morgan fingerprint density at radius 3 is 2.75 bits per heavy atom. The van der Waals surface area contributed by atoms with Crippen molar-refractivity contribution in [3.05, 3.63) is 28.4 Å². The first-order valence-electron chi connectivity index (χ1n) is 7.36. The lowest BCUT2D eigenvalue weighted by atomic mass is 9.78. The Bertz CT molecular complexity index is 468. The average Bonchev–Trinajstić information content (AvgIpc) is 2.84. The quantitative estimate of drug-likeness (QED) is 0.630. The van der Waals surface area contributed by atoms with Crippen LogP contribution in [0, 0.1) is 21.4 Å². The van der Waals surface area contributed by atoms with Crippen LogP contribution < -0.4 is 5.32 Å². The van der Waals surface area contributed by atoms with Crippen molar-refractivity contribution in [1.29, 1.82) is 0 Å². The number of rotatable bonds is 6. The van der Waals surface area contributed by atoms with Crippen molar-refractivity contribution in [3.63, 3.8) is 0 Å². The molecule has 20 heavy (non-hydrogen) atoms. The van der Waals surface area contributed by atoms with Gasteiger partial charge < -0.3 is 5.32 Å². The fraction of sp³-hybridized carbons (Fsp3) is 0.667. The highest BCUT2D eigenvalue weighted by molar-refractivity contribution is 5.55. The molecule has 0 radical (unpaired) electrons. The molecule has 1 N–H and O–H groups in total. The van der Waals surface area contributed by atoms with Gasteiger partial charge in [0.05, 0.1) is 4.92 Å². The Morgan fingerprint density at radius 2 is 2.15 bits per heavy atom. The number of anilines is 1. The third-order valence-electron chi connectivity index (χ3n) is 4.12. The van der Waals surface area contributed by atoms with E-state index in [4.69, 9.17) is 0 Å². The molecule has 0 bridgehead atoms. The van der Waals surface area contributed by atoms with Crippen molar-refractivity contribution >= 4 is 11.5 Å². The van der Waals surface area contributed by atoms with Crippen LogP contribution in [0.1, 0.15) is 46.0 Å². The molecule has 1 saturated carbocycles. The monoisotopic (exact) mass is 277 g/mol. The van der Waals surface area contributed by atoms with Gasteiger partial charge in [-0.15, -0.1) is 0 Å². The second-order valence-electron chi connectivity index (χ2n) is 6.29. The van der Waals surface area contributed by atoms with E-state index in [-0.39, 0.29) is 16.0 Å². The molecular formula is C15H23N3O2. The smallest absolute Gasteiger partial charge is 0.311 e. The maximum Gasteiger partial charge on any atom is 0.311 e. The fourth-order valence-corrected chi connectivity index (χ4v) is 3.40. The summed E-state index contributed by atoms with van der Waals surface area (Å²) >= 11 is 0. The molecule has 1 aromatic heterocycles. The van der Waals surface area contributed by atoms with E-state index in [1.807, 2.05) is 0 Å². The van der Waals surface area contributed by atoms with Crippen molar-refractivity contribution in [3.8, 4) is 0 Å². The maximum atomic E-state index is 11.0. The molecule has 1 aliphatic rings. The lowest BCUT2D eigenvalue weighted by Crippen LogP contribution is -2.29. The summed E-state index contributed by atoms with van der Waals surface area (Å²) in [4.78, 5) is 14.7. The maximum absolute atomic E-state index is 11.0. The Labute approximate surface area is 119 Å². The molecule has 0 atom stereocenters. The van der Waals surface area contributed by atoms with Crippen molar-refractivity contribution in [2.45, 2.75) is 46.0 Å². The molecule has 0 amide bonds. The van der Waals surface area contributed by atoms with Crippen LogP contribution >= 0.6 is 0 Å². The molecule has 0 spiro atoms. The number of pyridine rings is 1. The number of nitrogens with zero attached hydrogens (tertiary/aromatic N) is 2. The zero-order valence-corrected chi connectivity index (χ0v) is 12.3. The number of hydrogen-bond acceptors (Lipinski definition) is 4. The molecule has 1 heterocycles. The number of nitro groups is 1. The third kappa shape index (κ3) is 3.46. The van der Waals surface area contributed by atoms with E-state index in [2.05, 4.69) is 24.1 Å². The minimum atomic E-state index is -0.376. The van der Waals surface area contributed by atoms with Crippen LogP contribution in [0.3, 0.4) is 0 Å². The van der Waals surface area contributed by atoms with Crippen LogP contribution in [-0.2, 0) is 0 Å². The fourth-order valence-electron chi connectivity index (χ4n) is 3.40. The molecule has 1 fully saturated rings. The van der Waals surface area contributed by atoms with Crippen LogP contribution in [0.4, 0.5) is 11.5 Å². The van der Waals surface area contributed by atoms with Gasteiger partial charge in [-0.3, -0.25) is 10.1 Å². The van der Waals surface area contributed by atoms with Crippen LogP contribution in [0.2, 0.25) is 0 Å². The lowest BCUT2D eigenvalue weighted by Gasteiger charge is -2.31. The molecule has 5 heteroatoms. The Hall–Kier alpha value is -1.65. The number of hydrogen-bond donors (Lipinski definition) is 1. The van der Waals surface area contributed by atoms with Gasteiger partial charge in [0.15, 0.2) is 0 Å². The second-order valence-corrected chi connectivity index (χ2v) is 6.29. The first-order chi connectivity index (χ1) is 9.52. The van der Waals surface area contributed by atoms with Gasteiger partial charge in [-0.25, -0.2) is 4.98 Å². The van der Waals surface area contributed by atoms with Gasteiger partial charge in [-0.1, -0.05) is 26.7 Å². The molecule has 0 aliphatic heterocycles. The van der Waals surface area contributed by atoms with Gasteiger partial charge in [-0.2, -0.15) is 0 Å². The van der Waals surface area contributed by atoms with Crippen LogP contribution in [0.15, 0.2) is 18.3 Å². The predicted octanol–water partition coefficient (Wildman–Crippen LogP) is 4.01. The zero-order valence-electron chi connectivity index (χ0n) is 12.3. The molecule has 2 rings (SSSR count). The normalized spacial score (nSPS) is 17.4. The first-order valence-corrected chi connectivity index (χ1v) is 7.36. The summed E-state index contributed by atoms with van der Waals surface area (Å²) in [5, 5.41) is 14.2. The number of nitrogens with one attached hydrogen (secondary N) is 1. The molecule has 110 valence electrons. The molecular weight excluding hydrogens is 254 g/mol. The van der Waals surface area contributed by atoms with Gasteiger partial charge in [0.1, 0.15) is 0 Å². The summed E-state index contributed by atoms with van der Waals surface area (Å²) in [5.74, 6) is 1.04. The van der Waals surface area contributed by atoms with Crippen LogP contribution in [-0.4, -0.2) is 16.5 Å². The standard InChI is InChI=1S/C15H23N3O2/c1-12(2)10-15(7-3-4-8-15)11-17-14-13(18(19)20)6-5-9-16-14/h5-6,9,12H,3-4,7-8,10-11H2,1-2H3,(H,16,17). The van der Waals surface area contributed by atoms with E-state index in [1.54, 1.807) is 12.3 Å². The summed E-state index contributed by atoms with van der Waals surface area (Å²) in [6.07, 6.45) is 7.70. The van der Waals surface area contributed by atoms with Gasteiger partial charge in [0, 0.05) is 18.8 Å². The van der Waals surface area contributed by atoms with E-state index >= 15 is 0 Å². The molecule has 5 nitrogen and oxygen atoms in total. The summed E-state index contributed by atoms with van der Waals surface area (Å²) in [6.45, 7) is 5.26. The van der Waals surface area contributed by atoms with E-state index in [0.717, 1.165) is 6.54 Å². The summed E-state index contributed by atoms with van der Waals surface area (Å²) in [5.41, 5.74) is 0.338. The van der Waals surface area contributed by atoms with E-state index in [9.17, 15) is 10.1 Å². The highest BCUT2D eigenvalue weighted by atomic mass is 16.6. The average molecular weight is 277 g/mol. The minimum absolute atomic E-state index is 0.0604. The van der Waals surface area contributed by atoms with Crippen LogP contribution in [0.25, 0.3) is 0 Å². The van der Waals surface area contributed by atoms with E-state index in [0.29, 0.717) is 11.7 Å². The zero-order chi connectivity index (χ0) is 14.6. The largest absolute Gasteiger partial charge is 0.364 e. The first kappa shape index (κ1) is 14.8. The summed E-state index contributed by atoms with van der Waals surface area (Å²) < 4.78 is 0. The molecule has 1 aromatic rings. The number of aromatic nitrogens is 1. The van der Waals surface area contributed by atoms with E-state index < -0.39 is 0 Å². The van der Waals surface area contributed by atoms with Crippen LogP contribution in [0.5, 0.6) is 0 Å². The topological polar surface area (TPSA) is 68.1 Å². The van der Waals surface area contributed by atoms with Crippen molar-refractivity contribution in [2.75, 3.05) is 11.9 Å². The van der Waals surface area contributed by atoms with Gasteiger partial charge in [0.25, 0.3) is 0 Å². The van der Waals surface area contributed by atoms with Crippen molar-refractivity contribution in [1.82, 2.24) is 4.98 Å². The summed E-state index contributed by atoms with van der Waals surface area (Å²) in [6, 6.07) is 3.10. The van der Waals surface area contributed by atoms with Gasteiger partial charge in [-0.05, 0) is 36.7 Å². The molecule has 0 aromatic carbocycles. The highest BCUT2D eigenvalue weighted by Gasteiger charge is 2.34. The second kappa shape index (κ2) is 6.20. The van der Waals surface area contributed by atoms with Crippen molar-refractivity contribution < 1.29 is 4.92 Å². The Kier molecular flexibility index (Phi) is 4.57. The Balaban J connectivity index is 2.08.